The van der Waals surface area contributed by atoms with E-state index in [4.69, 9.17) is 11.6 Å². The van der Waals surface area contributed by atoms with Gasteiger partial charge in [0.05, 0.1) is 15.4 Å². The Morgan fingerprint density at radius 3 is 2.94 bits per heavy atom. The summed E-state index contributed by atoms with van der Waals surface area (Å²) >= 11 is 7.58. The van der Waals surface area contributed by atoms with Crippen molar-refractivity contribution in [3.63, 3.8) is 0 Å². The van der Waals surface area contributed by atoms with E-state index in [1.807, 2.05) is 30.5 Å². The Morgan fingerprint density at radius 2 is 2.18 bits per heavy atom. The predicted octanol–water partition coefficient (Wildman–Crippen LogP) is 3.55. The molecule has 0 spiro atoms. The molecule has 0 atom stereocenters. The van der Waals surface area contributed by atoms with Gasteiger partial charge in [0, 0.05) is 6.20 Å². The maximum Gasteiger partial charge on any atom is 0.195 e. The van der Waals surface area contributed by atoms with Crippen molar-refractivity contribution in [2.45, 2.75) is 0 Å². The molecular formula is C12H7ClN2OS. The quantitative estimate of drug-likeness (QED) is 0.662. The number of carbonyl (C=O) groups excluding carboxylic acids is 1. The Kier molecular flexibility index (Phi) is 2.46. The minimum absolute atomic E-state index is 0.583. The fourth-order valence-electron chi connectivity index (χ4n) is 1.67. The van der Waals surface area contributed by atoms with Gasteiger partial charge in [-0.25, -0.2) is 4.98 Å². The Balaban J connectivity index is 2.25. The van der Waals surface area contributed by atoms with Crippen molar-refractivity contribution in [1.29, 1.82) is 0 Å². The number of fused-ring (bicyclic) bond motifs is 1. The van der Waals surface area contributed by atoms with Crippen molar-refractivity contribution in [3.8, 4) is 5.13 Å². The summed E-state index contributed by atoms with van der Waals surface area (Å²) in [5.41, 5.74) is 1.36. The number of para-hydroxylation sites is 1. The summed E-state index contributed by atoms with van der Waals surface area (Å²) in [5.74, 6) is 0. The van der Waals surface area contributed by atoms with E-state index >= 15 is 0 Å². The molecule has 0 aliphatic carbocycles. The molecule has 5 heteroatoms. The third kappa shape index (κ3) is 1.66. The Labute approximate surface area is 106 Å². The number of nitrogens with zero attached hydrogens (tertiary/aromatic N) is 2. The molecule has 3 nitrogen and oxygen atoms in total. The van der Waals surface area contributed by atoms with Crippen molar-refractivity contribution in [2.75, 3.05) is 0 Å². The van der Waals surface area contributed by atoms with Crippen LogP contribution in [-0.2, 0) is 0 Å². The van der Waals surface area contributed by atoms with Crippen LogP contribution in [0.15, 0.2) is 36.5 Å². The van der Waals surface area contributed by atoms with E-state index in [-0.39, 0.29) is 0 Å². The molecule has 0 fully saturated rings. The molecule has 0 aliphatic heterocycles. The lowest BCUT2D eigenvalue weighted by Gasteiger charge is -1.97. The van der Waals surface area contributed by atoms with Crippen LogP contribution in [0.5, 0.6) is 0 Å². The number of thiazole rings is 1. The van der Waals surface area contributed by atoms with E-state index in [2.05, 4.69) is 4.98 Å². The van der Waals surface area contributed by atoms with Crippen molar-refractivity contribution < 1.29 is 4.79 Å². The standard InChI is InChI=1S/C12H7ClN2OS/c13-9-4-1-5-10-11(9)14-12(17-10)15-6-2-3-8(15)7-16/h1-7H. The number of rotatable bonds is 2. The van der Waals surface area contributed by atoms with Gasteiger partial charge in [-0.05, 0) is 24.3 Å². The van der Waals surface area contributed by atoms with Crippen LogP contribution in [0.2, 0.25) is 5.02 Å². The maximum absolute atomic E-state index is 10.9. The SMILES string of the molecule is O=Cc1cccn1-c1nc2c(Cl)cccc2s1. The van der Waals surface area contributed by atoms with Crippen LogP contribution in [0.4, 0.5) is 0 Å². The first-order valence-electron chi connectivity index (χ1n) is 4.97. The molecule has 0 N–H and O–H groups in total. The second-order valence-corrected chi connectivity index (χ2v) is 4.92. The highest BCUT2D eigenvalue weighted by Gasteiger charge is 2.10. The third-order valence-electron chi connectivity index (χ3n) is 2.47. The topological polar surface area (TPSA) is 34.9 Å². The largest absolute Gasteiger partial charge is 0.296 e. The number of benzene rings is 1. The summed E-state index contributed by atoms with van der Waals surface area (Å²) in [6.07, 6.45) is 2.63. The summed E-state index contributed by atoms with van der Waals surface area (Å²) in [5, 5.41) is 1.38. The van der Waals surface area contributed by atoms with Crippen LogP contribution in [0, 0.1) is 0 Å². The highest BCUT2D eigenvalue weighted by Crippen LogP contribution is 2.30. The van der Waals surface area contributed by atoms with E-state index in [0.717, 1.165) is 21.6 Å². The fraction of sp³-hybridized carbons (Fsp3) is 0. The molecule has 0 radical (unpaired) electrons. The molecule has 3 rings (SSSR count). The Morgan fingerprint density at radius 1 is 1.29 bits per heavy atom. The molecule has 2 aromatic heterocycles. The lowest BCUT2D eigenvalue weighted by molar-refractivity contribution is 0.111. The van der Waals surface area contributed by atoms with Gasteiger partial charge < -0.3 is 0 Å². The zero-order valence-electron chi connectivity index (χ0n) is 8.63. The zero-order valence-corrected chi connectivity index (χ0v) is 10.2. The van der Waals surface area contributed by atoms with Gasteiger partial charge in [0.2, 0.25) is 0 Å². The normalized spacial score (nSPS) is 10.9. The van der Waals surface area contributed by atoms with E-state index in [1.165, 1.54) is 11.3 Å². The van der Waals surface area contributed by atoms with Crippen LogP contribution in [0.3, 0.4) is 0 Å². The van der Waals surface area contributed by atoms with Crippen molar-refractivity contribution in [1.82, 2.24) is 9.55 Å². The van der Waals surface area contributed by atoms with E-state index in [9.17, 15) is 4.79 Å². The van der Waals surface area contributed by atoms with Crippen LogP contribution in [0.1, 0.15) is 10.5 Å². The first kappa shape index (κ1) is 10.5. The summed E-state index contributed by atoms with van der Waals surface area (Å²) in [7, 11) is 0. The van der Waals surface area contributed by atoms with Crippen LogP contribution in [-0.4, -0.2) is 15.8 Å². The van der Waals surface area contributed by atoms with E-state index in [1.54, 1.807) is 10.6 Å². The summed E-state index contributed by atoms with van der Waals surface area (Å²) in [6.45, 7) is 0. The highest BCUT2D eigenvalue weighted by atomic mass is 35.5. The molecule has 0 aliphatic rings. The third-order valence-corrected chi connectivity index (χ3v) is 3.79. The minimum Gasteiger partial charge on any atom is -0.296 e. The first-order valence-corrected chi connectivity index (χ1v) is 6.17. The van der Waals surface area contributed by atoms with Gasteiger partial charge >= 0.3 is 0 Å². The monoisotopic (exact) mass is 262 g/mol. The minimum atomic E-state index is 0.583. The van der Waals surface area contributed by atoms with Gasteiger partial charge in [0.25, 0.3) is 0 Å². The lowest BCUT2D eigenvalue weighted by Crippen LogP contribution is -1.95. The van der Waals surface area contributed by atoms with Gasteiger partial charge in [0.15, 0.2) is 11.4 Å². The zero-order chi connectivity index (χ0) is 11.8. The average molecular weight is 263 g/mol. The van der Waals surface area contributed by atoms with E-state index < -0.39 is 0 Å². The summed E-state index contributed by atoms with van der Waals surface area (Å²) < 4.78 is 2.77. The molecular weight excluding hydrogens is 256 g/mol. The number of carbonyl (C=O) groups is 1. The molecule has 0 saturated heterocycles. The molecule has 1 aromatic carbocycles. The van der Waals surface area contributed by atoms with Gasteiger partial charge in [-0.2, -0.15) is 0 Å². The maximum atomic E-state index is 10.9. The molecule has 84 valence electrons. The Bertz CT molecular complexity index is 701. The molecule has 17 heavy (non-hydrogen) atoms. The molecule has 3 aromatic rings. The molecule has 0 bridgehead atoms. The average Bonchev–Trinajstić information content (AvgIpc) is 2.94. The first-order chi connectivity index (χ1) is 8.29. The number of hydrogen-bond donors (Lipinski definition) is 0. The molecule has 0 unspecified atom stereocenters. The fourth-order valence-corrected chi connectivity index (χ4v) is 2.94. The van der Waals surface area contributed by atoms with Crippen LogP contribution < -0.4 is 0 Å². The van der Waals surface area contributed by atoms with Crippen LogP contribution >= 0.6 is 22.9 Å². The highest BCUT2D eigenvalue weighted by molar-refractivity contribution is 7.20. The van der Waals surface area contributed by atoms with Gasteiger partial charge in [0.1, 0.15) is 5.52 Å². The number of aromatic nitrogens is 2. The second kappa shape index (κ2) is 3.98. The van der Waals surface area contributed by atoms with Gasteiger partial charge in [-0.15, -0.1) is 0 Å². The predicted molar refractivity (Wildman–Crippen MR) is 69.3 cm³/mol. The number of aldehydes is 1. The molecule has 0 amide bonds. The van der Waals surface area contributed by atoms with Crippen LogP contribution in [0.25, 0.3) is 15.3 Å². The van der Waals surface area contributed by atoms with Gasteiger partial charge in [-0.3, -0.25) is 9.36 Å². The van der Waals surface area contributed by atoms with Crippen molar-refractivity contribution in [2.24, 2.45) is 0 Å². The second-order valence-electron chi connectivity index (χ2n) is 3.50. The van der Waals surface area contributed by atoms with Crippen molar-refractivity contribution in [3.05, 3.63) is 47.2 Å². The Hall–Kier alpha value is -1.65. The van der Waals surface area contributed by atoms with Crippen molar-refractivity contribution >= 4 is 39.4 Å². The molecule has 0 saturated carbocycles. The molecule has 2 heterocycles. The van der Waals surface area contributed by atoms with Gasteiger partial charge in [-0.1, -0.05) is 29.0 Å². The number of hydrogen-bond acceptors (Lipinski definition) is 3. The smallest absolute Gasteiger partial charge is 0.195 e. The number of halogens is 1. The lowest BCUT2D eigenvalue weighted by atomic mass is 10.3. The summed E-state index contributed by atoms with van der Waals surface area (Å²) in [4.78, 5) is 15.3. The van der Waals surface area contributed by atoms with E-state index in [0.29, 0.717) is 10.7 Å². The summed E-state index contributed by atoms with van der Waals surface area (Å²) in [6, 6.07) is 9.23.